The molecule has 1 fully saturated rings. The van der Waals surface area contributed by atoms with Gasteiger partial charge in [-0.15, -0.1) is 0 Å². The summed E-state index contributed by atoms with van der Waals surface area (Å²) in [5, 5.41) is 9.21. The first-order valence-corrected chi connectivity index (χ1v) is 8.02. The summed E-state index contributed by atoms with van der Waals surface area (Å²) < 4.78 is 0. The molecule has 0 saturated carbocycles. The Labute approximate surface area is 132 Å². The second-order valence-corrected chi connectivity index (χ2v) is 6.59. The molecule has 0 aliphatic carbocycles. The number of benzene rings is 1. The normalized spacial score (nSPS) is 19.5. The van der Waals surface area contributed by atoms with Crippen LogP contribution in [0.3, 0.4) is 0 Å². The van der Waals surface area contributed by atoms with E-state index in [1.165, 1.54) is 10.5 Å². The van der Waals surface area contributed by atoms with Gasteiger partial charge in [0.1, 0.15) is 6.04 Å². The lowest BCUT2D eigenvalue weighted by atomic mass is 9.95. The summed E-state index contributed by atoms with van der Waals surface area (Å²) in [6.07, 6.45) is 2.35. The van der Waals surface area contributed by atoms with Crippen molar-refractivity contribution in [1.82, 2.24) is 4.90 Å². The van der Waals surface area contributed by atoms with Crippen LogP contribution in [0.4, 0.5) is 0 Å². The van der Waals surface area contributed by atoms with E-state index in [1.54, 1.807) is 0 Å². The number of carbonyl (C=O) groups excluding carboxylic acids is 1. The van der Waals surface area contributed by atoms with Crippen molar-refractivity contribution in [3.05, 3.63) is 35.4 Å². The molecule has 0 radical (unpaired) electrons. The highest BCUT2D eigenvalue weighted by Gasteiger charge is 2.36. The van der Waals surface area contributed by atoms with Gasteiger partial charge in [-0.3, -0.25) is 4.79 Å². The molecular weight excluding hydrogens is 278 g/mol. The third kappa shape index (κ3) is 3.67. The van der Waals surface area contributed by atoms with E-state index >= 15 is 0 Å². The summed E-state index contributed by atoms with van der Waals surface area (Å²) in [7, 11) is 0. The van der Waals surface area contributed by atoms with E-state index in [9.17, 15) is 14.7 Å². The SMILES string of the molecule is CC(C)Cc1ccc([C@H](C)C(=O)N2CCC[C@H]2C(=O)O)cc1. The smallest absolute Gasteiger partial charge is 0.326 e. The maximum absolute atomic E-state index is 12.6. The Morgan fingerprint density at radius 3 is 2.41 bits per heavy atom. The van der Waals surface area contributed by atoms with E-state index in [4.69, 9.17) is 0 Å². The van der Waals surface area contributed by atoms with Crippen LogP contribution in [0.5, 0.6) is 0 Å². The largest absolute Gasteiger partial charge is 0.480 e. The number of amides is 1. The third-order valence-corrected chi connectivity index (χ3v) is 4.32. The first kappa shape index (κ1) is 16.5. The molecular formula is C18H25NO3. The molecule has 1 aromatic rings. The van der Waals surface area contributed by atoms with Crippen LogP contribution in [0.25, 0.3) is 0 Å². The number of carbonyl (C=O) groups is 2. The zero-order valence-corrected chi connectivity index (χ0v) is 13.6. The van der Waals surface area contributed by atoms with Crippen molar-refractivity contribution in [2.24, 2.45) is 5.92 Å². The average Bonchev–Trinajstić information content (AvgIpc) is 2.95. The molecule has 4 heteroatoms. The number of nitrogens with zero attached hydrogens (tertiary/aromatic N) is 1. The van der Waals surface area contributed by atoms with Crippen LogP contribution in [0.1, 0.15) is 50.7 Å². The minimum atomic E-state index is -0.898. The molecule has 1 amide bonds. The molecule has 120 valence electrons. The van der Waals surface area contributed by atoms with Gasteiger partial charge in [0.15, 0.2) is 0 Å². The third-order valence-electron chi connectivity index (χ3n) is 4.32. The summed E-state index contributed by atoms with van der Waals surface area (Å²) in [5.74, 6) is -0.675. The van der Waals surface area contributed by atoms with Crippen LogP contribution in [0, 0.1) is 5.92 Å². The molecule has 22 heavy (non-hydrogen) atoms. The van der Waals surface area contributed by atoms with E-state index < -0.39 is 12.0 Å². The van der Waals surface area contributed by atoms with Crippen molar-refractivity contribution < 1.29 is 14.7 Å². The zero-order valence-electron chi connectivity index (χ0n) is 13.6. The Hall–Kier alpha value is -1.84. The highest BCUT2D eigenvalue weighted by Crippen LogP contribution is 2.25. The molecule has 0 bridgehead atoms. The molecule has 1 aliphatic heterocycles. The van der Waals surface area contributed by atoms with Crippen LogP contribution >= 0.6 is 0 Å². The molecule has 1 aromatic carbocycles. The highest BCUT2D eigenvalue weighted by atomic mass is 16.4. The van der Waals surface area contributed by atoms with Gasteiger partial charge in [0.05, 0.1) is 5.92 Å². The number of likely N-dealkylation sites (tertiary alicyclic amines) is 1. The van der Waals surface area contributed by atoms with Gasteiger partial charge >= 0.3 is 5.97 Å². The van der Waals surface area contributed by atoms with Crippen LogP contribution in [-0.4, -0.2) is 34.5 Å². The molecule has 1 N–H and O–H groups in total. The van der Waals surface area contributed by atoms with Crippen LogP contribution in [0.15, 0.2) is 24.3 Å². The van der Waals surface area contributed by atoms with Crippen molar-refractivity contribution in [3.8, 4) is 0 Å². The Balaban J connectivity index is 2.08. The summed E-state index contributed by atoms with van der Waals surface area (Å²) in [5.41, 5.74) is 2.22. The van der Waals surface area contributed by atoms with E-state index in [2.05, 4.69) is 26.0 Å². The van der Waals surface area contributed by atoms with Gasteiger partial charge in [0, 0.05) is 6.54 Å². The molecule has 1 saturated heterocycles. The Bertz CT molecular complexity index is 536. The molecule has 0 unspecified atom stereocenters. The predicted molar refractivity (Wildman–Crippen MR) is 85.8 cm³/mol. The number of hydrogen-bond donors (Lipinski definition) is 1. The molecule has 0 spiro atoms. The minimum absolute atomic E-state index is 0.0819. The lowest BCUT2D eigenvalue weighted by molar-refractivity contribution is -0.148. The van der Waals surface area contributed by atoms with Crippen molar-refractivity contribution in [2.75, 3.05) is 6.54 Å². The number of hydrogen-bond acceptors (Lipinski definition) is 2. The number of carboxylic acids is 1. The fourth-order valence-corrected chi connectivity index (χ4v) is 3.09. The summed E-state index contributed by atoms with van der Waals surface area (Å²) in [4.78, 5) is 25.3. The summed E-state index contributed by atoms with van der Waals surface area (Å²) in [6, 6.07) is 7.46. The first-order valence-electron chi connectivity index (χ1n) is 8.02. The zero-order chi connectivity index (χ0) is 16.3. The number of aliphatic carboxylic acids is 1. The van der Waals surface area contributed by atoms with E-state index in [0.29, 0.717) is 18.9 Å². The summed E-state index contributed by atoms with van der Waals surface area (Å²) in [6.45, 7) is 6.77. The number of rotatable bonds is 5. The van der Waals surface area contributed by atoms with Gasteiger partial charge in [-0.2, -0.15) is 0 Å². The number of carboxylic acid groups (broad SMARTS) is 1. The maximum atomic E-state index is 12.6. The van der Waals surface area contributed by atoms with Crippen molar-refractivity contribution in [1.29, 1.82) is 0 Å². The Kier molecular flexibility index (Phi) is 5.22. The van der Waals surface area contributed by atoms with Crippen LogP contribution < -0.4 is 0 Å². The Morgan fingerprint density at radius 1 is 1.23 bits per heavy atom. The van der Waals surface area contributed by atoms with E-state index in [1.807, 2.05) is 19.1 Å². The van der Waals surface area contributed by atoms with Crippen molar-refractivity contribution in [3.63, 3.8) is 0 Å². The summed E-state index contributed by atoms with van der Waals surface area (Å²) >= 11 is 0. The lowest BCUT2D eigenvalue weighted by Crippen LogP contribution is -2.42. The highest BCUT2D eigenvalue weighted by molar-refractivity contribution is 5.88. The van der Waals surface area contributed by atoms with Crippen LogP contribution in [0.2, 0.25) is 0 Å². The Morgan fingerprint density at radius 2 is 1.86 bits per heavy atom. The average molecular weight is 303 g/mol. The molecule has 4 nitrogen and oxygen atoms in total. The van der Waals surface area contributed by atoms with Gasteiger partial charge in [-0.1, -0.05) is 38.1 Å². The standard InChI is InChI=1S/C18H25NO3/c1-12(2)11-14-6-8-15(9-7-14)13(3)17(20)19-10-4-5-16(19)18(21)22/h6-9,12-13,16H,4-5,10-11H2,1-3H3,(H,21,22)/t13-,16-/m0/s1. The van der Waals surface area contributed by atoms with Gasteiger partial charge in [0.25, 0.3) is 0 Å². The topological polar surface area (TPSA) is 57.6 Å². The predicted octanol–water partition coefficient (Wildman–Crippen LogP) is 3.06. The van der Waals surface area contributed by atoms with Gasteiger partial charge in [-0.25, -0.2) is 4.79 Å². The quantitative estimate of drug-likeness (QED) is 0.909. The van der Waals surface area contributed by atoms with Crippen LogP contribution in [-0.2, 0) is 16.0 Å². The second-order valence-electron chi connectivity index (χ2n) is 6.59. The fraction of sp³-hybridized carbons (Fsp3) is 0.556. The first-order chi connectivity index (χ1) is 10.4. The molecule has 2 rings (SSSR count). The van der Waals surface area contributed by atoms with Crippen molar-refractivity contribution in [2.45, 2.75) is 52.0 Å². The van der Waals surface area contributed by atoms with Gasteiger partial charge in [0.2, 0.25) is 5.91 Å². The lowest BCUT2D eigenvalue weighted by Gasteiger charge is -2.25. The fourth-order valence-electron chi connectivity index (χ4n) is 3.09. The van der Waals surface area contributed by atoms with Gasteiger partial charge in [-0.05, 0) is 43.2 Å². The second kappa shape index (κ2) is 6.95. The molecule has 2 atom stereocenters. The molecule has 0 aromatic heterocycles. The van der Waals surface area contributed by atoms with Gasteiger partial charge < -0.3 is 10.0 Å². The van der Waals surface area contributed by atoms with Crippen molar-refractivity contribution >= 4 is 11.9 Å². The molecule has 1 heterocycles. The monoisotopic (exact) mass is 303 g/mol. The molecule has 1 aliphatic rings. The minimum Gasteiger partial charge on any atom is -0.480 e. The van der Waals surface area contributed by atoms with E-state index in [-0.39, 0.29) is 11.8 Å². The van der Waals surface area contributed by atoms with E-state index in [0.717, 1.165) is 18.4 Å². The maximum Gasteiger partial charge on any atom is 0.326 e.